The smallest absolute Gasteiger partial charge is 0.349 e. The van der Waals surface area contributed by atoms with Crippen molar-refractivity contribution in [3.8, 4) is 0 Å². The van der Waals surface area contributed by atoms with Crippen LogP contribution in [0.4, 0.5) is 0 Å². The van der Waals surface area contributed by atoms with Gasteiger partial charge in [-0.1, -0.05) is 18.2 Å². The van der Waals surface area contributed by atoms with E-state index in [2.05, 4.69) is 9.17 Å². The van der Waals surface area contributed by atoms with Gasteiger partial charge in [0.15, 0.2) is 0 Å². The fraction of sp³-hybridized carbons (Fsp3) is 0.182. The number of aromatic amines is 1. The second-order valence-electron chi connectivity index (χ2n) is 3.49. The molecule has 0 amide bonds. The molecule has 0 aliphatic carbocycles. The molecular weight excluding hydrogens is 242 g/mol. The number of aromatic nitrogens is 1. The molecule has 6 heteroatoms. The Labute approximate surface area is 98.5 Å². The maximum absolute atomic E-state index is 11.6. The maximum Gasteiger partial charge on any atom is 0.370 e. The Kier molecular flexibility index (Phi) is 2.89. The van der Waals surface area contributed by atoms with Gasteiger partial charge in [-0.05, 0) is 19.1 Å². The maximum atomic E-state index is 11.6. The lowest BCUT2D eigenvalue weighted by Gasteiger charge is -2.00. The largest absolute Gasteiger partial charge is 0.370 e. The minimum absolute atomic E-state index is 0.128. The minimum Gasteiger partial charge on any atom is -0.349 e. The van der Waals surface area contributed by atoms with E-state index >= 15 is 0 Å². The van der Waals surface area contributed by atoms with Crippen molar-refractivity contribution >= 4 is 27.0 Å². The lowest BCUT2D eigenvalue weighted by Crippen LogP contribution is -2.15. The highest BCUT2D eigenvalue weighted by atomic mass is 32.2. The third-order valence-corrected chi connectivity index (χ3v) is 3.42. The average Bonchev–Trinajstić information content (AvgIpc) is 2.72. The van der Waals surface area contributed by atoms with Crippen molar-refractivity contribution < 1.29 is 17.4 Å². The van der Waals surface area contributed by atoms with Gasteiger partial charge in [0.05, 0.1) is 5.75 Å². The van der Waals surface area contributed by atoms with Crippen LogP contribution in [0.2, 0.25) is 0 Å². The van der Waals surface area contributed by atoms with Gasteiger partial charge in [-0.2, -0.15) is 8.42 Å². The molecule has 2 aromatic rings. The molecule has 1 aromatic heterocycles. The SMILES string of the molecule is CCS(=O)(=O)OC(=O)c1cc2ccccc2[nH]1. The molecule has 2 rings (SSSR count). The summed E-state index contributed by atoms with van der Waals surface area (Å²) in [7, 11) is -3.77. The Morgan fingerprint density at radius 2 is 2.06 bits per heavy atom. The first kappa shape index (κ1) is 11.7. The van der Waals surface area contributed by atoms with Crippen LogP contribution in [0.5, 0.6) is 0 Å². The average molecular weight is 253 g/mol. The van der Waals surface area contributed by atoms with Crippen LogP contribution in [-0.2, 0) is 14.3 Å². The second kappa shape index (κ2) is 4.21. The van der Waals surface area contributed by atoms with Gasteiger partial charge in [-0.15, -0.1) is 0 Å². The number of fused-ring (bicyclic) bond motifs is 1. The fourth-order valence-corrected chi connectivity index (χ4v) is 1.84. The van der Waals surface area contributed by atoms with Crippen molar-refractivity contribution in [3.05, 3.63) is 36.0 Å². The molecule has 1 heterocycles. The molecule has 0 radical (unpaired) electrons. The number of hydrogen-bond donors (Lipinski definition) is 1. The van der Waals surface area contributed by atoms with Crippen molar-refractivity contribution in [1.82, 2.24) is 4.98 Å². The molecule has 0 bridgehead atoms. The summed E-state index contributed by atoms with van der Waals surface area (Å²) in [5, 5.41) is 0.827. The quantitative estimate of drug-likeness (QED) is 0.844. The zero-order valence-electron chi connectivity index (χ0n) is 9.14. The van der Waals surface area contributed by atoms with Gasteiger partial charge in [0, 0.05) is 10.9 Å². The number of benzene rings is 1. The molecule has 5 nitrogen and oxygen atoms in total. The van der Waals surface area contributed by atoms with Crippen molar-refractivity contribution in [2.75, 3.05) is 5.75 Å². The summed E-state index contributed by atoms with van der Waals surface area (Å²) in [4.78, 5) is 14.4. The molecule has 17 heavy (non-hydrogen) atoms. The van der Waals surface area contributed by atoms with Gasteiger partial charge in [-0.3, -0.25) is 0 Å². The van der Waals surface area contributed by atoms with Crippen molar-refractivity contribution in [2.45, 2.75) is 6.92 Å². The monoisotopic (exact) mass is 253 g/mol. The van der Waals surface area contributed by atoms with E-state index < -0.39 is 16.1 Å². The van der Waals surface area contributed by atoms with Crippen LogP contribution in [0.3, 0.4) is 0 Å². The first-order valence-corrected chi connectivity index (χ1v) is 6.64. The van der Waals surface area contributed by atoms with Crippen LogP contribution in [0.15, 0.2) is 30.3 Å². The standard InChI is InChI=1S/C11H11NO4S/c1-2-17(14,15)16-11(13)10-7-8-5-3-4-6-9(8)12-10/h3-7,12H,2H2,1H3. The van der Waals surface area contributed by atoms with Gasteiger partial charge in [-0.25, -0.2) is 4.79 Å². The van der Waals surface area contributed by atoms with Crippen LogP contribution in [0.25, 0.3) is 10.9 Å². The van der Waals surface area contributed by atoms with E-state index in [0.29, 0.717) is 0 Å². The Morgan fingerprint density at radius 1 is 1.35 bits per heavy atom. The normalized spacial score (nSPS) is 11.6. The van der Waals surface area contributed by atoms with Crippen molar-refractivity contribution in [1.29, 1.82) is 0 Å². The topological polar surface area (TPSA) is 76.2 Å². The number of rotatable bonds is 3. The number of carbonyl (C=O) groups excluding carboxylic acids is 1. The summed E-state index contributed by atoms with van der Waals surface area (Å²) in [5.41, 5.74) is 0.886. The lowest BCUT2D eigenvalue weighted by atomic mass is 10.2. The van der Waals surface area contributed by atoms with E-state index in [1.165, 1.54) is 6.92 Å². The van der Waals surface area contributed by atoms with Crippen LogP contribution in [0, 0.1) is 0 Å². The van der Waals surface area contributed by atoms with Gasteiger partial charge < -0.3 is 9.17 Å². The summed E-state index contributed by atoms with van der Waals surface area (Å²) >= 11 is 0. The van der Waals surface area contributed by atoms with E-state index in [-0.39, 0.29) is 11.4 Å². The molecule has 90 valence electrons. The predicted molar refractivity (Wildman–Crippen MR) is 63.2 cm³/mol. The van der Waals surface area contributed by atoms with E-state index in [0.717, 1.165) is 10.9 Å². The molecule has 0 fully saturated rings. The van der Waals surface area contributed by atoms with E-state index in [9.17, 15) is 13.2 Å². The summed E-state index contributed by atoms with van der Waals surface area (Å²) in [6.45, 7) is 1.41. The van der Waals surface area contributed by atoms with Gasteiger partial charge in [0.1, 0.15) is 5.69 Å². The molecule has 0 unspecified atom stereocenters. The molecule has 0 spiro atoms. The lowest BCUT2D eigenvalue weighted by molar-refractivity contribution is 0.0742. The van der Waals surface area contributed by atoms with Gasteiger partial charge >= 0.3 is 16.1 Å². The summed E-state index contributed by atoms with van der Waals surface area (Å²) < 4.78 is 26.7. The minimum atomic E-state index is -3.77. The second-order valence-corrected chi connectivity index (χ2v) is 5.35. The molecule has 1 N–H and O–H groups in total. The molecule has 0 saturated heterocycles. The highest BCUT2D eigenvalue weighted by Gasteiger charge is 2.18. The van der Waals surface area contributed by atoms with E-state index in [4.69, 9.17) is 0 Å². The van der Waals surface area contributed by atoms with Crippen LogP contribution >= 0.6 is 0 Å². The third kappa shape index (κ3) is 2.47. The number of H-pyrrole nitrogens is 1. The summed E-state index contributed by atoms with van der Waals surface area (Å²) in [6, 6.07) is 8.81. The summed E-state index contributed by atoms with van der Waals surface area (Å²) in [5.74, 6) is -1.12. The highest BCUT2D eigenvalue weighted by Crippen LogP contribution is 2.15. The number of hydrogen-bond acceptors (Lipinski definition) is 4. The number of nitrogens with one attached hydrogen (secondary N) is 1. The van der Waals surface area contributed by atoms with E-state index in [1.54, 1.807) is 12.1 Å². The van der Waals surface area contributed by atoms with Crippen LogP contribution < -0.4 is 0 Å². The molecule has 0 saturated carbocycles. The molecule has 1 aromatic carbocycles. The Bertz CT molecular complexity index is 624. The highest BCUT2D eigenvalue weighted by molar-refractivity contribution is 7.87. The zero-order chi connectivity index (χ0) is 12.5. The van der Waals surface area contributed by atoms with Crippen molar-refractivity contribution in [3.63, 3.8) is 0 Å². The van der Waals surface area contributed by atoms with Gasteiger partial charge in [0.25, 0.3) is 0 Å². The Balaban J connectivity index is 2.31. The van der Waals surface area contributed by atoms with Crippen LogP contribution in [-0.4, -0.2) is 25.1 Å². The Hall–Kier alpha value is -1.82. The van der Waals surface area contributed by atoms with Crippen LogP contribution in [0.1, 0.15) is 17.4 Å². The Morgan fingerprint density at radius 3 is 2.71 bits per heavy atom. The molecule has 0 aliphatic rings. The van der Waals surface area contributed by atoms with Gasteiger partial charge in [0.2, 0.25) is 0 Å². The third-order valence-electron chi connectivity index (χ3n) is 2.31. The molecular formula is C11H11NO4S. The molecule has 0 atom stereocenters. The summed E-state index contributed by atoms with van der Waals surface area (Å²) in [6.07, 6.45) is 0. The van der Waals surface area contributed by atoms with E-state index in [1.807, 2.05) is 18.2 Å². The fourth-order valence-electron chi connectivity index (χ4n) is 1.40. The zero-order valence-corrected chi connectivity index (χ0v) is 9.95. The number of para-hydroxylation sites is 1. The van der Waals surface area contributed by atoms with Crippen molar-refractivity contribution in [2.24, 2.45) is 0 Å². The molecule has 0 aliphatic heterocycles. The first-order chi connectivity index (χ1) is 8.02. The number of carbonyl (C=O) groups is 1. The first-order valence-electron chi connectivity index (χ1n) is 5.06. The predicted octanol–water partition coefficient (Wildman–Crippen LogP) is 1.67.